The highest BCUT2D eigenvalue weighted by Crippen LogP contribution is 2.21. The summed E-state index contributed by atoms with van der Waals surface area (Å²) < 4.78 is 3.28. The van der Waals surface area contributed by atoms with Crippen molar-refractivity contribution >= 4 is 17.0 Å². The highest BCUT2D eigenvalue weighted by Gasteiger charge is 2.22. The molecule has 100 valence electrons. The van der Waals surface area contributed by atoms with E-state index >= 15 is 0 Å². The van der Waals surface area contributed by atoms with E-state index in [0.717, 1.165) is 25.0 Å². The number of aromatic nitrogens is 2. The molecular weight excluding hydrogens is 246 g/mol. The number of benzene rings is 1. The fraction of sp³-hybridized carbons (Fsp3) is 0.385. The van der Waals surface area contributed by atoms with Gasteiger partial charge in [0.25, 0.3) is 0 Å². The van der Waals surface area contributed by atoms with Crippen molar-refractivity contribution in [1.29, 1.82) is 0 Å². The molecule has 1 aromatic carbocycles. The Bertz CT molecular complexity index is 708. The number of aryl methyl sites for hydroxylation is 1. The van der Waals surface area contributed by atoms with Crippen molar-refractivity contribution < 1.29 is 9.90 Å². The quantitative estimate of drug-likeness (QED) is 0.828. The third kappa shape index (κ3) is 1.76. The van der Waals surface area contributed by atoms with E-state index in [1.54, 1.807) is 29.8 Å². The Morgan fingerprint density at radius 3 is 2.84 bits per heavy atom. The standard InChI is InChI=1S/C13H15N3O3/c1-15-11-6-8(12(17)18)2-3-10(11)16(13(15)19)9-4-5-14-7-9/h2-3,6,9,14H,4-5,7H2,1H3,(H,17,18). The Hall–Kier alpha value is -2.08. The maximum Gasteiger partial charge on any atom is 0.335 e. The van der Waals surface area contributed by atoms with Gasteiger partial charge >= 0.3 is 11.7 Å². The predicted octanol–water partition coefficient (Wildman–Crippen LogP) is 0.573. The number of rotatable bonds is 2. The highest BCUT2D eigenvalue weighted by molar-refractivity contribution is 5.92. The molecule has 0 bridgehead atoms. The van der Waals surface area contributed by atoms with Gasteiger partial charge in [-0.2, -0.15) is 0 Å². The number of imidazole rings is 1. The van der Waals surface area contributed by atoms with Crippen LogP contribution in [-0.4, -0.2) is 33.3 Å². The first kappa shape index (κ1) is 12.0. The molecule has 3 rings (SSSR count). The molecule has 0 spiro atoms. The average Bonchev–Trinajstić information content (AvgIpc) is 2.98. The van der Waals surface area contributed by atoms with Gasteiger partial charge in [0, 0.05) is 13.6 Å². The Kier molecular flexibility index (Phi) is 2.67. The molecule has 0 amide bonds. The van der Waals surface area contributed by atoms with E-state index in [-0.39, 0.29) is 17.3 Å². The normalized spacial score (nSPS) is 19.1. The zero-order valence-corrected chi connectivity index (χ0v) is 10.6. The van der Waals surface area contributed by atoms with Crippen LogP contribution in [0.5, 0.6) is 0 Å². The molecule has 1 aromatic heterocycles. The SMILES string of the molecule is Cn1c(=O)n(C2CCNC2)c2ccc(C(=O)O)cc21. The molecule has 1 unspecified atom stereocenters. The fourth-order valence-electron chi connectivity index (χ4n) is 2.71. The molecule has 0 aliphatic carbocycles. The predicted molar refractivity (Wildman–Crippen MR) is 70.7 cm³/mol. The second kappa shape index (κ2) is 4.24. The number of nitrogens with one attached hydrogen (secondary N) is 1. The maximum atomic E-state index is 12.3. The van der Waals surface area contributed by atoms with Gasteiger partial charge in [-0.05, 0) is 31.2 Å². The van der Waals surface area contributed by atoms with Crippen LogP contribution in [0.2, 0.25) is 0 Å². The van der Waals surface area contributed by atoms with Crippen molar-refractivity contribution in [1.82, 2.24) is 14.5 Å². The van der Waals surface area contributed by atoms with Crippen LogP contribution in [0, 0.1) is 0 Å². The number of fused-ring (bicyclic) bond motifs is 1. The number of nitrogens with zero attached hydrogens (tertiary/aromatic N) is 2. The lowest BCUT2D eigenvalue weighted by Gasteiger charge is -2.10. The van der Waals surface area contributed by atoms with E-state index in [4.69, 9.17) is 5.11 Å². The molecule has 1 aliphatic heterocycles. The average molecular weight is 261 g/mol. The molecule has 2 aromatic rings. The molecule has 0 radical (unpaired) electrons. The third-order valence-electron chi connectivity index (χ3n) is 3.74. The summed E-state index contributed by atoms with van der Waals surface area (Å²) in [6, 6.07) is 4.96. The minimum atomic E-state index is -0.982. The summed E-state index contributed by atoms with van der Waals surface area (Å²) in [4.78, 5) is 23.3. The van der Waals surface area contributed by atoms with Gasteiger partial charge in [-0.1, -0.05) is 0 Å². The first-order chi connectivity index (χ1) is 9.09. The van der Waals surface area contributed by atoms with Crippen LogP contribution in [0.25, 0.3) is 11.0 Å². The maximum absolute atomic E-state index is 12.3. The molecule has 6 nitrogen and oxygen atoms in total. The largest absolute Gasteiger partial charge is 0.478 e. The highest BCUT2D eigenvalue weighted by atomic mass is 16.4. The topological polar surface area (TPSA) is 76.3 Å². The van der Waals surface area contributed by atoms with E-state index in [0.29, 0.717) is 5.52 Å². The van der Waals surface area contributed by atoms with Crippen molar-refractivity contribution in [3.8, 4) is 0 Å². The van der Waals surface area contributed by atoms with Gasteiger partial charge in [-0.25, -0.2) is 9.59 Å². The molecule has 1 aliphatic rings. The van der Waals surface area contributed by atoms with E-state index < -0.39 is 5.97 Å². The van der Waals surface area contributed by atoms with Gasteiger partial charge in [-0.3, -0.25) is 9.13 Å². The van der Waals surface area contributed by atoms with Crippen molar-refractivity contribution in [3.63, 3.8) is 0 Å². The number of carbonyl (C=O) groups is 1. The second-order valence-electron chi connectivity index (χ2n) is 4.87. The monoisotopic (exact) mass is 261 g/mol. The molecule has 1 saturated heterocycles. The molecule has 1 atom stereocenters. The summed E-state index contributed by atoms with van der Waals surface area (Å²) >= 11 is 0. The lowest BCUT2D eigenvalue weighted by molar-refractivity contribution is 0.0697. The molecule has 2 heterocycles. The van der Waals surface area contributed by atoms with Crippen LogP contribution in [0.3, 0.4) is 0 Å². The summed E-state index contributed by atoms with van der Waals surface area (Å²) in [5.74, 6) is -0.982. The van der Waals surface area contributed by atoms with Gasteiger partial charge in [0.15, 0.2) is 0 Å². The van der Waals surface area contributed by atoms with E-state index in [9.17, 15) is 9.59 Å². The summed E-state index contributed by atoms with van der Waals surface area (Å²) in [5.41, 5.74) is 1.57. The Morgan fingerprint density at radius 1 is 1.42 bits per heavy atom. The van der Waals surface area contributed by atoms with Crippen LogP contribution in [0.15, 0.2) is 23.0 Å². The summed E-state index contributed by atoms with van der Waals surface area (Å²) in [6.07, 6.45) is 0.916. The van der Waals surface area contributed by atoms with E-state index in [1.165, 1.54) is 4.57 Å². The fourth-order valence-corrected chi connectivity index (χ4v) is 2.71. The number of hydrogen-bond acceptors (Lipinski definition) is 3. The first-order valence-electron chi connectivity index (χ1n) is 6.24. The van der Waals surface area contributed by atoms with Crippen molar-refractivity contribution in [2.24, 2.45) is 7.05 Å². The van der Waals surface area contributed by atoms with Crippen LogP contribution in [0.1, 0.15) is 22.8 Å². The number of carboxylic acids is 1. The van der Waals surface area contributed by atoms with Crippen LogP contribution in [0.4, 0.5) is 0 Å². The van der Waals surface area contributed by atoms with Gasteiger partial charge in [0.2, 0.25) is 0 Å². The molecular formula is C13H15N3O3. The Balaban J connectivity index is 2.26. The summed E-state index contributed by atoms with van der Waals surface area (Å²) in [7, 11) is 1.68. The number of aromatic carboxylic acids is 1. The van der Waals surface area contributed by atoms with Crippen LogP contribution >= 0.6 is 0 Å². The Morgan fingerprint density at radius 2 is 2.21 bits per heavy atom. The van der Waals surface area contributed by atoms with Crippen LogP contribution < -0.4 is 11.0 Å². The number of hydrogen-bond donors (Lipinski definition) is 2. The lowest BCUT2D eigenvalue weighted by atomic mass is 10.2. The smallest absolute Gasteiger partial charge is 0.335 e. The summed E-state index contributed by atoms with van der Waals surface area (Å²) in [6.45, 7) is 1.68. The van der Waals surface area contributed by atoms with Gasteiger partial charge in [0.1, 0.15) is 0 Å². The minimum Gasteiger partial charge on any atom is -0.478 e. The third-order valence-corrected chi connectivity index (χ3v) is 3.74. The van der Waals surface area contributed by atoms with Gasteiger partial charge < -0.3 is 10.4 Å². The second-order valence-corrected chi connectivity index (χ2v) is 4.87. The van der Waals surface area contributed by atoms with E-state index in [2.05, 4.69) is 5.32 Å². The first-order valence-corrected chi connectivity index (χ1v) is 6.24. The zero-order valence-electron chi connectivity index (χ0n) is 10.6. The van der Waals surface area contributed by atoms with Gasteiger partial charge in [0.05, 0.1) is 22.6 Å². The van der Waals surface area contributed by atoms with E-state index in [1.807, 2.05) is 0 Å². The molecule has 2 N–H and O–H groups in total. The van der Waals surface area contributed by atoms with Crippen LogP contribution in [-0.2, 0) is 7.05 Å². The molecule has 1 fully saturated rings. The molecule has 6 heteroatoms. The minimum absolute atomic E-state index is 0.0914. The van der Waals surface area contributed by atoms with Crippen molar-refractivity contribution in [3.05, 3.63) is 34.2 Å². The van der Waals surface area contributed by atoms with Crippen molar-refractivity contribution in [2.75, 3.05) is 13.1 Å². The Labute approximate surface area is 109 Å². The molecule has 19 heavy (non-hydrogen) atoms. The van der Waals surface area contributed by atoms with Gasteiger partial charge in [-0.15, -0.1) is 0 Å². The number of carboxylic acid groups (broad SMARTS) is 1. The van der Waals surface area contributed by atoms with Crippen molar-refractivity contribution in [2.45, 2.75) is 12.5 Å². The molecule has 0 saturated carbocycles. The lowest BCUT2D eigenvalue weighted by Crippen LogP contribution is -2.27. The zero-order chi connectivity index (χ0) is 13.6. The summed E-state index contributed by atoms with van der Waals surface area (Å²) in [5, 5.41) is 12.3.